The van der Waals surface area contributed by atoms with E-state index in [1.165, 1.54) is 11.3 Å². The Hall–Kier alpha value is -1.96. The van der Waals surface area contributed by atoms with Crippen molar-refractivity contribution in [1.82, 2.24) is 15.6 Å². The highest BCUT2D eigenvalue weighted by molar-refractivity contribution is 7.11. The van der Waals surface area contributed by atoms with E-state index in [9.17, 15) is 14.4 Å². The number of carboxylic acids is 1. The van der Waals surface area contributed by atoms with Crippen molar-refractivity contribution >= 4 is 29.2 Å². The molecule has 7 nitrogen and oxygen atoms in total. The van der Waals surface area contributed by atoms with Crippen LogP contribution in [0.5, 0.6) is 0 Å². The summed E-state index contributed by atoms with van der Waals surface area (Å²) in [6.07, 6.45) is 1.60. The molecule has 1 aromatic heterocycles. The van der Waals surface area contributed by atoms with Crippen LogP contribution in [0, 0.1) is 12.8 Å². The summed E-state index contributed by atoms with van der Waals surface area (Å²) < 4.78 is 0. The minimum Gasteiger partial charge on any atom is -0.481 e. The normalized spacial score (nSPS) is 13.3. The number of hydrogen-bond donors (Lipinski definition) is 3. The second-order valence-electron chi connectivity index (χ2n) is 4.96. The molecule has 0 aliphatic carbocycles. The monoisotopic (exact) mass is 313 g/mol. The van der Waals surface area contributed by atoms with Gasteiger partial charge in [-0.05, 0) is 19.8 Å². The van der Waals surface area contributed by atoms with Crippen LogP contribution < -0.4 is 10.6 Å². The molecular weight excluding hydrogens is 294 g/mol. The molecule has 3 N–H and O–H groups in total. The molecule has 3 amide bonds. The second kappa shape index (κ2) is 7.72. The number of aryl methyl sites for hydroxylation is 1. The SMILES string of the molecule is Cc1cnc(C(C)NC(=O)NC(=O)CC(C)CC(=O)O)s1. The minimum atomic E-state index is -0.965. The predicted molar refractivity (Wildman–Crippen MR) is 78.0 cm³/mol. The number of nitrogens with zero attached hydrogens (tertiary/aromatic N) is 1. The van der Waals surface area contributed by atoms with Gasteiger partial charge in [-0.1, -0.05) is 6.92 Å². The van der Waals surface area contributed by atoms with Gasteiger partial charge in [0, 0.05) is 23.9 Å². The first-order valence-electron chi connectivity index (χ1n) is 6.52. The maximum atomic E-state index is 11.7. The van der Waals surface area contributed by atoms with Crippen molar-refractivity contribution in [1.29, 1.82) is 0 Å². The quantitative estimate of drug-likeness (QED) is 0.742. The van der Waals surface area contributed by atoms with Crippen molar-refractivity contribution in [3.8, 4) is 0 Å². The van der Waals surface area contributed by atoms with Crippen molar-refractivity contribution in [2.45, 2.75) is 39.7 Å². The molecule has 0 bridgehead atoms. The highest BCUT2D eigenvalue weighted by Gasteiger charge is 2.17. The summed E-state index contributed by atoms with van der Waals surface area (Å²) in [4.78, 5) is 39.0. The maximum absolute atomic E-state index is 11.7. The Morgan fingerprint density at radius 1 is 1.33 bits per heavy atom. The number of thiazole rings is 1. The van der Waals surface area contributed by atoms with Gasteiger partial charge < -0.3 is 10.4 Å². The molecule has 21 heavy (non-hydrogen) atoms. The van der Waals surface area contributed by atoms with Crippen LogP contribution in [-0.2, 0) is 9.59 Å². The fourth-order valence-electron chi connectivity index (χ4n) is 1.73. The first-order chi connectivity index (χ1) is 9.77. The molecule has 1 aromatic rings. The van der Waals surface area contributed by atoms with Crippen LogP contribution in [0.1, 0.15) is 42.6 Å². The third kappa shape index (κ3) is 6.35. The topological polar surface area (TPSA) is 108 Å². The summed E-state index contributed by atoms with van der Waals surface area (Å²) in [6.45, 7) is 5.34. The predicted octanol–water partition coefficient (Wildman–Crippen LogP) is 1.84. The van der Waals surface area contributed by atoms with Gasteiger partial charge in [-0.15, -0.1) is 11.3 Å². The first-order valence-corrected chi connectivity index (χ1v) is 7.34. The Morgan fingerprint density at radius 2 is 2.00 bits per heavy atom. The zero-order valence-corrected chi connectivity index (χ0v) is 13.0. The summed E-state index contributed by atoms with van der Waals surface area (Å²) in [5.74, 6) is -1.79. The van der Waals surface area contributed by atoms with Gasteiger partial charge in [-0.2, -0.15) is 0 Å². The van der Waals surface area contributed by atoms with Crippen molar-refractivity contribution in [3.63, 3.8) is 0 Å². The maximum Gasteiger partial charge on any atom is 0.321 e. The molecule has 0 aromatic carbocycles. The average Bonchev–Trinajstić information content (AvgIpc) is 2.73. The molecule has 8 heteroatoms. The van der Waals surface area contributed by atoms with Crippen LogP contribution >= 0.6 is 11.3 Å². The standard InChI is InChI=1S/C13H19N3O4S/c1-7(5-11(18)19)4-10(17)16-13(20)15-9(3)12-14-6-8(2)21-12/h6-7,9H,4-5H2,1-3H3,(H,18,19)(H2,15,16,17,20). The number of carbonyl (C=O) groups excluding carboxylic acids is 2. The molecule has 116 valence electrons. The molecule has 0 saturated carbocycles. The molecule has 0 aliphatic rings. The van der Waals surface area contributed by atoms with E-state index in [4.69, 9.17) is 5.11 Å². The van der Waals surface area contributed by atoms with Gasteiger partial charge in [0.2, 0.25) is 5.91 Å². The molecule has 0 spiro atoms. The van der Waals surface area contributed by atoms with Gasteiger partial charge in [0.05, 0.1) is 6.04 Å². The fraction of sp³-hybridized carbons (Fsp3) is 0.538. The van der Waals surface area contributed by atoms with E-state index in [-0.39, 0.29) is 24.8 Å². The van der Waals surface area contributed by atoms with Gasteiger partial charge in [0.15, 0.2) is 0 Å². The lowest BCUT2D eigenvalue weighted by Crippen LogP contribution is -2.41. The Labute approximate surface area is 126 Å². The first kappa shape index (κ1) is 17.1. The van der Waals surface area contributed by atoms with Crippen LogP contribution in [0.3, 0.4) is 0 Å². The summed E-state index contributed by atoms with van der Waals surface area (Å²) in [7, 11) is 0. The zero-order valence-electron chi connectivity index (χ0n) is 12.2. The van der Waals surface area contributed by atoms with Crippen LogP contribution in [0.2, 0.25) is 0 Å². The second-order valence-corrected chi connectivity index (χ2v) is 6.23. The van der Waals surface area contributed by atoms with E-state index in [1.807, 2.05) is 6.92 Å². The Morgan fingerprint density at radius 3 is 2.52 bits per heavy atom. The summed E-state index contributed by atoms with van der Waals surface area (Å²) in [5.41, 5.74) is 0. The van der Waals surface area contributed by atoms with Crippen LogP contribution in [0.4, 0.5) is 4.79 Å². The fourth-order valence-corrected chi connectivity index (χ4v) is 2.51. The van der Waals surface area contributed by atoms with Gasteiger partial charge in [0.25, 0.3) is 0 Å². The highest BCUT2D eigenvalue weighted by Crippen LogP contribution is 2.18. The molecule has 1 heterocycles. The van der Waals surface area contributed by atoms with E-state index in [2.05, 4.69) is 15.6 Å². The van der Waals surface area contributed by atoms with E-state index in [1.54, 1.807) is 20.0 Å². The zero-order chi connectivity index (χ0) is 16.0. The van der Waals surface area contributed by atoms with E-state index >= 15 is 0 Å². The molecule has 0 radical (unpaired) electrons. The number of aromatic nitrogens is 1. The van der Waals surface area contributed by atoms with Gasteiger partial charge in [-0.25, -0.2) is 9.78 Å². The minimum absolute atomic E-state index is 0.00946. The molecule has 0 saturated heterocycles. The number of carboxylic acid groups (broad SMARTS) is 1. The lowest BCUT2D eigenvalue weighted by Gasteiger charge is -2.13. The smallest absolute Gasteiger partial charge is 0.321 e. The number of urea groups is 1. The van der Waals surface area contributed by atoms with E-state index in [0.29, 0.717) is 0 Å². The van der Waals surface area contributed by atoms with Crippen molar-refractivity contribution in [2.75, 3.05) is 0 Å². The summed E-state index contributed by atoms with van der Waals surface area (Å²) in [5, 5.41) is 14.2. The van der Waals surface area contributed by atoms with Crippen LogP contribution in [0.25, 0.3) is 0 Å². The van der Waals surface area contributed by atoms with Crippen LogP contribution in [-0.4, -0.2) is 28.0 Å². The molecule has 2 unspecified atom stereocenters. The Balaban J connectivity index is 2.39. The number of carbonyl (C=O) groups is 3. The summed E-state index contributed by atoms with van der Waals surface area (Å²) in [6, 6.07) is -0.907. The van der Waals surface area contributed by atoms with Gasteiger partial charge in [-0.3, -0.25) is 14.9 Å². The Kier molecular flexibility index (Phi) is 6.29. The van der Waals surface area contributed by atoms with E-state index < -0.39 is 17.9 Å². The van der Waals surface area contributed by atoms with Crippen molar-refractivity contribution in [2.24, 2.45) is 5.92 Å². The Bertz CT molecular complexity index is 529. The number of hydrogen-bond acceptors (Lipinski definition) is 5. The van der Waals surface area contributed by atoms with Crippen molar-refractivity contribution < 1.29 is 19.5 Å². The third-order valence-corrected chi connectivity index (χ3v) is 3.76. The molecule has 0 fully saturated rings. The number of imide groups is 1. The molecule has 0 aliphatic heterocycles. The molecule has 2 atom stereocenters. The van der Waals surface area contributed by atoms with E-state index in [0.717, 1.165) is 9.88 Å². The highest BCUT2D eigenvalue weighted by atomic mass is 32.1. The van der Waals surface area contributed by atoms with Crippen molar-refractivity contribution in [3.05, 3.63) is 16.1 Å². The third-order valence-electron chi connectivity index (χ3n) is 2.67. The molecular formula is C13H19N3O4S. The number of nitrogens with one attached hydrogen (secondary N) is 2. The largest absolute Gasteiger partial charge is 0.481 e. The van der Waals surface area contributed by atoms with Gasteiger partial charge in [0.1, 0.15) is 5.01 Å². The van der Waals surface area contributed by atoms with Gasteiger partial charge >= 0.3 is 12.0 Å². The lowest BCUT2D eigenvalue weighted by atomic mass is 10.0. The lowest BCUT2D eigenvalue weighted by molar-refractivity contribution is -0.138. The van der Waals surface area contributed by atoms with Crippen LogP contribution in [0.15, 0.2) is 6.20 Å². The summed E-state index contributed by atoms with van der Waals surface area (Å²) >= 11 is 1.47. The average molecular weight is 313 g/mol. The number of amides is 3. The molecule has 1 rings (SSSR count). The number of aliphatic carboxylic acids is 1. The number of rotatable bonds is 6.